The van der Waals surface area contributed by atoms with E-state index in [0.29, 0.717) is 6.10 Å². The molecule has 62 valence electrons. The first-order valence-corrected chi connectivity index (χ1v) is 4.19. The van der Waals surface area contributed by atoms with E-state index in [1.807, 2.05) is 6.92 Å². The van der Waals surface area contributed by atoms with Gasteiger partial charge in [-0.25, -0.2) is 5.48 Å². The topological polar surface area (TPSA) is 21.3 Å². The number of rotatable bonds is 6. The molecule has 0 fully saturated rings. The van der Waals surface area contributed by atoms with Crippen molar-refractivity contribution in [3.05, 3.63) is 0 Å². The lowest BCUT2D eigenvalue weighted by Crippen LogP contribution is -2.21. The highest BCUT2D eigenvalue weighted by molar-refractivity contribution is 4.47. The highest BCUT2D eigenvalue weighted by atomic mass is 16.7. The van der Waals surface area contributed by atoms with E-state index in [1.54, 1.807) is 0 Å². The summed E-state index contributed by atoms with van der Waals surface area (Å²) in [7, 11) is 0. The third kappa shape index (κ3) is 6.05. The molecule has 2 heteroatoms. The zero-order valence-electron chi connectivity index (χ0n) is 7.31. The van der Waals surface area contributed by atoms with Crippen molar-refractivity contribution in [3.8, 4) is 0 Å². The minimum atomic E-state index is 0.361. The molecule has 1 unspecified atom stereocenters. The van der Waals surface area contributed by atoms with Gasteiger partial charge >= 0.3 is 0 Å². The van der Waals surface area contributed by atoms with E-state index in [0.717, 1.165) is 13.0 Å². The molecule has 1 N–H and O–H groups in total. The van der Waals surface area contributed by atoms with Crippen molar-refractivity contribution in [2.45, 2.75) is 46.1 Å². The molecule has 0 heterocycles. The fourth-order valence-electron chi connectivity index (χ4n) is 0.776. The third-order valence-corrected chi connectivity index (χ3v) is 1.39. The van der Waals surface area contributed by atoms with Crippen LogP contribution in [0.25, 0.3) is 0 Å². The number of nitrogens with one attached hydrogen (secondary N) is 1. The Morgan fingerprint density at radius 2 is 2.10 bits per heavy atom. The van der Waals surface area contributed by atoms with Crippen LogP contribution in [0.2, 0.25) is 0 Å². The predicted molar refractivity (Wildman–Crippen MR) is 43.7 cm³/mol. The van der Waals surface area contributed by atoms with Crippen LogP contribution in [-0.2, 0) is 4.84 Å². The minimum Gasteiger partial charge on any atom is -0.299 e. The van der Waals surface area contributed by atoms with Gasteiger partial charge in [0.25, 0.3) is 0 Å². The molecular weight excluding hydrogens is 126 g/mol. The van der Waals surface area contributed by atoms with E-state index in [1.165, 1.54) is 12.8 Å². The Bertz CT molecular complexity index is 58.3. The summed E-state index contributed by atoms with van der Waals surface area (Å²) in [6, 6.07) is 0. The molecular formula is C8H19NO. The fourth-order valence-corrected chi connectivity index (χ4v) is 0.776. The number of hydroxylamine groups is 1. The highest BCUT2D eigenvalue weighted by Crippen LogP contribution is 2.01. The summed E-state index contributed by atoms with van der Waals surface area (Å²) in [4.78, 5) is 5.24. The van der Waals surface area contributed by atoms with Crippen molar-refractivity contribution in [3.63, 3.8) is 0 Å². The molecule has 0 radical (unpaired) electrons. The highest BCUT2D eigenvalue weighted by Gasteiger charge is 1.98. The Labute approximate surface area is 63.9 Å². The standard InChI is InChI=1S/C8H19NO/c1-4-6-7-8(3)10-9-5-2/h8-9H,4-7H2,1-3H3. The van der Waals surface area contributed by atoms with E-state index in [-0.39, 0.29) is 0 Å². The molecule has 0 aromatic carbocycles. The summed E-state index contributed by atoms with van der Waals surface area (Å²) in [5.41, 5.74) is 2.86. The van der Waals surface area contributed by atoms with Crippen LogP contribution in [0.15, 0.2) is 0 Å². The second-order valence-corrected chi connectivity index (χ2v) is 2.57. The van der Waals surface area contributed by atoms with E-state index >= 15 is 0 Å². The zero-order chi connectivity index (χ0) is 7.82. The van der Waals surface area contributed by atoms with Crippen LogP contribution < -0.4 is 5.48 Å². The molecule has 0 amide bonds. The quantitative estimate of drug-likeness (QED) is 0.578. The van der Waals surface area contributed by atoms with Gasteiger partial charge in [-0.3, -0.25) is 4.84 Å². The number of unbranched alkanes of at least 4 members (excludes halogenated alkanes) is 1. The van der Waals surface area contributed by atoms with Crippen molar-refractivity contribution >= 4 is 0 Å². The monoisotopic (exact) mass is 145 g/mol. The van der Waals surface area contributed by atoms with Crippen LogP contribution in [0.5, 0.6) is 0 Å². The Balaban J connectivity index is 3.00. The van der Waals surface area contributed by atoms with Crippen LogP contribution >= 0.6 is 0 Å². The molecule has 0 aliphatic carbocycles. The molecule has 2 nitrogen and oxygen atoms in total. The van der Waals surface area contributed by atoms with Crippen molar-refractivity contribution in [2.75, 3.05) is 6.54 Å². The average molecular weight is 145 g/mol. The van der Waals surface area contributed by atoms with E-state index in [9.17, 15) is 0 Å². The van der Waals surface area contributed by atoms with Gasteiger partial charge < -0.3 is 0 Å². The summed E-state index contributed by atoms with van der Waals surface area (Å²) >= 11 is 0. The SMILES string of the molecule is CCCCC(C)ONCC. The molecule has 0 saturated carbocycles. The largest absolute Gasteiger partial charge is 0.299 e. The second kappa shape index (κ2) is 7.03. The Morgan fingerprint density at radius 1 is 1.40 bits per heavy atom. The fraction of sp³-hybridized carbons (Fsp3) is 1.00. The molecule has 0 aromatic rings. The maximum absolute atomic E-state index is 5.24. The maximum Gasteiger partial charge on any atom is 0.0762 e. The van der Waals surface area contributed by atoms with Gasteiger partial charge in [0.1, 0.15) is 0 Å². The average Bonchev–Trinajstić information content (AvgIpc) is 1.97. The third-order valence-electron chi connectivity index (χ3n) is 1.39. The first-order chi connectivity index (χ1) is 4.81. The molecule has 0 bridgehead atoms. The molecule has 0 aliphatic rings. The normalized spacial score (nSPS) is 13.5. The lowest BCUT2D eigenvalue weighted by atomic mass is 10.2. The van der Waals surface area contributed by atoms with Crippen LogP contribution in [-0.4, -0.2) is 12.6 Å². The molecule has 0 spiro atoms. The zero-order valence-corrected chi connectivity index (χ0v) is 7.31. The van der Waals surface area contributed by atoms with E-state index < -0.39 is 0 Å². The Kier molecular flexibility index (Phi) is 6.98. The molecule has 0 aliphatic heterocycles. The van der Waals surface area contributed by atoms with Crippen LogP contribution in [0.4, 0.5) is 0 Å². The summed E-state index contributed by atoms with van der Waals surface area (Å²) in [6.45, 7) is 7.21. The van der Waals surface area contributed by atoms with Gasteiger partial charge in [0, 0.05) is 6.54 Å². The summed E-state index contributed by atoms with van der Waals surface area (Å²) in [5, 5.41) is 0. The number of hydrogen-bond acceptors (Lipinski definition) is 2. The van der Waals surface area contributed by atoms with Gasteiger partial charge in [0.2, 0.25) is 0 Å². The van der Waals surface area contributed by atoms with Crippen molar-refractivity contribution in [1.29, 1.82) is 0 Å². The van der Waals surface area contributed by atoms with Crippen molar-refractivity contribution in [1.82, 2.24) is 5.48 Å². The first kappa shape index (κ1) is 9.92. The number of hydrogen-bond donors (Lipinski definition) is 1. The second-order valence-electron chi connectivity index (χ2n) is 2.57. The van der Waals surface area contributed by atoms with Gasteiger partial charge in [0.15, 0.2) is 0 Å². The Morgan fingerprint density at radius 3 is 2.60 bits per heavy atom. The summed E-state index contributed by atoms with van der Waals surface area (Å²) < 4.78 is 0. The van der Waals surface area contributed by atoms with Gasteiger partial charge in [-0.1, -0.05) is 26.7 Å². The van der Waals surface area contributed by atoms with Gasteiger partial charge in [0.05, 0.1) is 6.10 Å². The predicted octanol–water partition coefficient (Wildman–Crippen LogP) is 2.11. The molecule has 1 atom stereocenters. The lowest BCUT2D eigenvalue weighted by molar-refractivity contribution is -0.0169. The molecule has 0 rings (SSSR count). The minimum absolute atomic E-state index is 0.361. The van der Waals surface area contributed by atoms with E-state index in [4.69, 9.17) is 4.84 Å². The van der Waals surface area contributed by atoms with Gasteiger partial charge in [-0.15, -0.1) is 0 Å². The van der Waals surface area contributed by atoms with Gasteiger partial charge in [-0.05, 0) is 13.3 Å². The summed E-state index contributed by atoms with van der Waals surface area (Å²) in [6.07, 6.45) is 4.02. The lowest BCUT2D eigenvalue weighted by Gasteiger charge is -2.10. The first-order valence-electron chi connectivity index (χ1n) is 4.19. The van der Waals surface area contributed by atoms with Crippen molar-refractivity contribution in [2.24, 2.45) is 0 Å². The summed E-state index contributed by atoms with van der Waals surface area (Å²) in [5.74, 6) is 0. The van der Waals surface area contributed by atoms with Crippen LogP contribution in [0.1, 0.15) is 40.0 Å². The maximum atomic E-state index is 5.24. The van der Waals surface area contributed by atoms with Gasteiger partial charge in [-0.2, -0.15) is 0 Å². The van der Waals surface area contributed by atoms with Crippen LogP contribution in [0.3, 0.4) is 0 Å². The van der Waals surface area contributed by atoms with Crippen LogP contribution in [0, 0.1) is 0 Å². The van der Waals surface area contributed by atoms with Crippen molar-refractivity contribution < 1.29 is 4.84 Å². The Hall–Kier alpha value is -0.0800. The molecule has 10 heavy (non-hydrogen) atoms. The van der Waals surface area contributed by atoms with E-state index in [2.05, 4.69) is 19.3 Å². The smallest absolute Gasteiger partial charge is 0.0762 e. The molecule has 0 aromatic heterocycles. The molecule has 0 saturated heterocycles.